The van der Waals surface area contributed by atoms with E-state index in [1.54, 1.807) is 22.5 Å². The van der Waals surface area contributed by atoms with E-state index in [9.17, 15) is 13.8 Å². The zero-order valence-electron chi connectivity index (χ0n) is 14.7. The van der Waals surface area contributed by atoms with Gasteiger partial charge in [-0.3, -0.25) is 0 Å². The first-order valence-electron chi connectivity index (χ1n) is 8.46. The summed E-state index contributed by atoms with van der Waals surface area (Å²) in [7, 11) is 0.0379. The molecule has 2 unspecified atom stereocenters. The summed E-state index contributed by atoms with van der Waals surface area (Å²) in [6.45, 7) is 8.29. The minimum absolute atomic E-state index is 0.332. The Kier molecular flexibility index (Phi) is 4.90. The van der Waals surface area contributed by atoms with Crippen molar-refractivity contribution >= 4 is 35.5 Å². The maximum Gasteiger partial charge on any atom is 0.315 e. The third kappa shape index (κ3) is 2.73. The van der Waals surface area contributed by atoms with Crippen molar-refractivity contribution in [1.82, 2.24) is 14.9 Å². The van der Waals surface area contributed by atoms with E-state index in [2.05, 4.69) is 23.8 Å². The number of amides is 2. The Hall–Kier alpha value is -2.19. The van der Waals surface area contributed by atoms with Gasteiger partial charge < -0.3 is 19.8 Å². The molecule has 2 aliphatic rings. The molecule has 0 bridgehead atoms. The van der Waals surface area contributed by atoms with Crippen LogP contribution in [-0.4, -0.2) is 46.5 Å². The highest BCUT2D eigenvalue weighted by Crippen LogP contribution is 2.52. The summed E-state index contributed by atoms with van der Waals surface area (Å²) in [6.07, 6.45) is 6.25. The molecule has 0 aromatic carbocycles. The maximum absolute atomic E-state index is 12.8. The predicted octanol–water partition coefficient (Wildman–Crippen LogP) is 1.94. The van der Waals surface area contributed by atoms with E-state index in [1.807, 2.05) is 0 Å². The number of rotatable bonds is 6. The van der Waals surface area contributed by atoms with Crippen LogP contribution in [0.5, 0.6) is 0 Å². The van der Waals surface area contributed by atoms with Crippen molar-refractivity contribution < 1.29 is 18.2 Å². The minimum Gasteiger partial charge on any atom is -0.446 e. The molecule has 2 heterocycles. The standard InChI is InChI=1S/C18H23N3O4S/c1-4-13-9-15(25-14(13)5-2)26(24)21-10-17(11-21)7-6-8-18(17,12-22)20-16(23)19-3/h4-5,9,12H,1-2,6-8,10-11H2,3H3,(H2,19,20,23). The maximum atomic E-state index is 12.8. The number of urea groups is 1. The molecular weight excluding hydrogens is 354 g/mol. The van der Waals surface area contributed by atoms with Crippen LogP contribution in [0.1, 0.15) is 30.6 Å². The van der Waals surface area contributed by atoms with Gasteiger partial charge in [0.25, 0.3) is 0 Å². The van der Waals surface area contributed by atoms with E-state index in [0.29, 0.717) is 30.4 Å². The first-order chi connectivity index (χ1) is 12.4. The summed E-state index contributed by atoms with van der Waals surface area (Å²) in [5.74, 6) is 0.531. The Morgan fingerprint density at radius 1 is 1.35 bits per heavy atom. The van der Waals surface area contributed by atoms with Crippen LogP contribution in [0.25, 0.3) is 12.2 Å². The van der Waals surface area contributed by atoms with E-state index in [1.165, 1.54) is 7.05 Å². The van der Waals surface area contributed by atoms with E-state index in [0.717, 1.165) is 24.7 Å². The number of aldehydes is 1. The zero-order valence-corrected chi connectivity index (χ0v) is 15.6. The van der Waals surface area contributed by atoms with Gasteiger partial charge in [0.1, 0.15) is 17.6 Å². The van der Waals surface area contributed by atoms with Crippen LogP contribution in [0.15, 0.2) is 28.7 Å². The number of nitrogens with one attached hydrogen (secondary N) is 2. The van der Waals surface area contributed by atoms with Crippen molar-refractivity contribution in [2.45, 2.75) is 29.9 Å². The molecular formula is C18H23N3O4S. The van der Waals surface area contributed by atoms with Gasteiger partial charge in [-0.25, -0.2) is 13.3 Å². The Morgan fingerprint density at radius 3 is 2.62 bits per heavy atom. The number of hydrogen-bond donors (Lipinski definition) is 2. The lowest BCUT2D eigenvalue weighted by atomic mass is 9.68. The number of nitrogens with zero attached hydrogens (tertiary/aromatic N) is 1. The molecule has 8 heteroatoms. The second-order valence-corrected chi connectivity index (χ2v) is 8.18. The Labute approximate surface area is 155 Å². The van der Waals surface area contributed by atoms with Gasteiger partial charge in [0.05, 0.1) is 0 Å². The van der Waals surface area contributed by atoms with Crippen LogP contribution >= 0.6 is 0 Å². The molecule has 1 saturated carbocycles. The molecule has 140 valence electrons. The SMILES string of the molecule is C=Cc1cc(S(=O)N2CC3(CCCC3(C=O)NC(=O)NC)C2)oc1C=C. The molecule has 0 radical (unpaired) electrons. The van der Waals surface area contributed by atoms with Crippen molar-refractivity contribution in [3.8, 4) is 0 Å². The normalized spacial score (nSPS) is 25.3. The minimum atomic E-state index is -1.48. The van der Waals surface area contributed by atoms with Gasteiger partial charge in [-0.15, -0.1) is 0 Å². The van der Waals surface area contributed by atoms with Crippen molar-refractivity contribution in [2.24, 2.45) is 5.41 Å². The summed E-state index contributed by atoms with van der Waals surface area (Å²) in [4.78, 5) is 23.7. The third-order valence-electron chi connectivity index (χ3n) is 5.48. The monoisotopic (exact) mass is 377 g/mol. The lowest BCUT2D eigenvalue weighted by Gasteiger charge is -2.54. The summed E-state index contributed by atoms with van der Waals surface area (Å²) in [5, 5.41) is 5.66. The second-order valence-electron chi connectivity index (χ2n) is 6.77. The second kappa shape index (κ2) is 6.85. The summed E-state index contributed by atoms with van der Waals surface area (Å²) < 4.78 is 20.2. The Bertz CT molecular complexity index is 756. The molecule has 1 aromatic heterocycles. The lowest BCUT2D eigenvalue weighted by Crippen LogP contribution is -2.71. The number of carbonyl (C=O) groups excluding carboxylic acids is 2. The fraction of sp³-hybridized carbons (Fsp3) is 0.444. The van der Waals surface area contributed by atoms with Gasteiger partial charge in [0, 0.05) is 37.2 Å². The highest BCUT2D eigenvalue weighted by Gasteiger charge is 2.62. The molecule has 2 atom stereocenters. The van der Waals surface area contributed by atoms with Gasteiger partial charge >= 0.3 is 6.03 Å². The van der Waals surface area contributed by atoms with Crippen molar-refractivity contribution in [3.63, 3.8) is 0 Å². The highest BCUT2D eigenvalue weighted by atomic mass is 32.2. The fourth-order valence-electron chi connectivity index (χ4n) is 3.98. The largest absolute Gasteiger partial charge is 0.446 e. The van der Waals surface area contributed by atoms with Gasteiger partial charge in [-0.2, -0.15) is 0 Å². The molecule has 2 amide bonds. The molecule has 2 N–H and O–H groups in total. The van der Waals surface area contributed by atoms with E-state index in [4.69, 9.17) is 4.42 Å². The van der Waals surface area contributed by atoms with Crippen LogP contribution in [0, 0.1) is 5.41 Å². The number of furan rings is 1. The van der Waals surface area contributed by atoms with Crippen LogP contribution in [0.2, 0.25) is 0 Å². The predicted molar refractivity (Wildman–Crippen MR) is 99.5 cm³/mol. The van der Waals surface area contributed by atoms with Gasteiger partial charge in [-0.05, 0) is 25.3 Å². The Balaban J connectivity index is 1.77. The Morgan fingerprint density at radius 2 is 2.08 bits per heavy atom. The summed E-state index contributed by atoms with van der Waals surface area (Å²) >= 11 is 0. The van der Waals surface area contributed by atoms with Crippen LogP contribution in [0.4, 0.5) is 4.79 Å². The highest BCUT2D eigenvalue weighted by molar-refractivity contribution is 7.82. The van der Waals surface area contributed by atoms with E-state index < -0.39 is 21.9 Å². The molecule has 2 fully saturated rings. The van der Waals surface area contributed by atoms with Crippen molar-refractivity contribution in [2.75, 3.05) is 20.1 Å². The fourth-order valence-corrected chi connectivity index (χ4v) is 5.35. The van der Waals surface area contributed by atoms with Crippen LogP contribution in [0.3, 0.4) is 0 Å². The quantitative estimate of drug-likeness (QED) is 0.741. The first-order valence-corrected chi connectivity index (χ1v) is 9.56. The molecule has 1 saturated heterocycles. The lowest BCUT2D eigenvalue weighted by molar-refractivity contribution is -0.121. The molecule has 1 aliphatic carbocycles. The zero-order chi connectivity index (χ0) is 18.9. The molecule has 7 nitrogen and oxygen atoms in total. The molecule has 3 rings (SSSR count). The molecule has 1 aromatic rings. The van der Waals surface area contributed by atoms with Crippen LogP contribution in [-0.2, 0) is 15.8 Å². The third-order valence-corrected chi connectivity index (χ3v) is 6.75. The van der Waals surface area contributed by atoms with E-state index in [-0.39, 0.29) is 6.03 Å². The number of carbonyl (C=O) groups is 2. The smallest absolute Gasteiger partial charge is 0.315 e. The first kappa shape index (κ1) is 18.6. The molecule has 1 aliphatic heterocycles. The summed E-state index contributed by atoms with van der Waals surface area (Å²) in [5.41, 5.74) is -0.579. The van der Waals surface area contributed by atoms with Crippen LogP contribution < -0.4 is 10.6 Å². The molecule has 1 spiro atoms. The van der Waals surface area contributed by atoms with Crippen molar-refractivity contribution in [1.29, 1.82) is 0 Å². The topological polar surface area (TPSA) is 91.7 Å². The molecule has 26 heavy (non-hydrogen) atoms. The van der Waals surface area contributed by atoms with Gasteiger partial charge in [-0.1, -0.05) is 19.2 Å². The van der Waals surface area contributed by atoms with Gasteiger partial charge in [0.15, 0.2) is 11.0 Å². The summed E-state index contributed by atoms with van der Waals surface area (Å²) in [6, 6.07) is 1.31. The van der Waals surface area contributed by atoms with E-state index >= 15 is 0 Å². The average molecular weight is 377 g/mol. The number of hydrogen-bond acceptors (Lipinski definition) is 4. The van der Waals surface area contributed by atoms with Crippen molar-refractivity contribution in [3.05, 3.63) is 30.5 Å². The average Bonchev–Trinajstić information content (AvgIpc) is 3.21. The van der Waals surface area contributed by atoms with Gasteiger partial charge in [0.2, 0.25) is 5.09 Å².